The maximum Gasteiger partial charge on any atom is 0.252 e. The molecule has 19 aromatic carbocycles. The molecule has 0 saturated heterocycles. The van der Waals surface area contributed by atoms with Crippen LogP contribution in [-0.2, 0) is 21.7 Å². The van der Waals surface area contributed by atoms with E-state index in [1.807, 2.05) is 0 Å². The number of nitrogens with zero attached hydrogens (tertiary/aromatic N) is 3. The predicted octanol–water partition coefficient (Wildman–Crippen LogP) is 30.2. The highest BCUT2D eigenvalue weighted by Gasteiger charge is 2.45. The van der Waals surface area contributed by atoms with Crippen LogP contribution < -0.4 is 31.1 Å². The molecule has 19 aromatic rings. The van der Waals surface area contributed by atoms with E-state index in [2.05, 4.69) is 450 Å². The van der Waals surface area contributed by atoms with Crippen LogP contribution in [0.1, 0.15) is 105 Å². The van der Waals surface area contributed by atoms with Crippen molar-refractivity contribution in [3.8, 4) is 66.8 Å². The van der Waals surface area contributed by atoms with Crippen LogP contribution in [0.5, 0.6) is 0 Å². The van der Waals surface area contributed by atoms with Gasteiger partial charge in [0.2, 0.25) is 0 Å². The van der Waals surface area contributed by atoms with Crippen molar-refractivity contribution in [2.45, 2.75) is 105 Å². The number of fused-ring (bicyclic) bond motifs is 4. The minimum absolute atomic E-state index is 0.0735. The van der Waals surface area contributed by atoms with Crippen molar-refractivity contribution in [2.75, 3.05) is 14.7 Å². The van der Waals surface area contributed by atoms with Crippen LogP contribution in [0.3, 0.4) is 0 Å². The molecule has 3 nitrogen and oxygen atoms in total. The van der Waals surface area contributed by atoms with Gasteiger partial charge < -0.3 is 14.7 Å². The zero-order valence-electron chi connectivity index (χ0n) is 69.4. The lowest BCUT2D eigenvalue weighted by atomic mass is 9.33. The first-order valence-electron chi connectivity index (χ1n) is 42.0. The van der Waals surface area contributed by atoms with Gasteiger partial charge in [-0.3, -0.25) is 0 Å². The van der Waals surface area contributed by atoms with Gasteiger partial charge in [0.05, 0.1) is 5.69 Å². The van der Waals surface area contributed by atoms with Crippen LogP contribution >= 0.6 is 0 Å². The van der Waals surface area contributed by atoms with E-state index in [1.165, 1.54) is 148 Å². The summed E-state index contributed by atoms with van der Waals surface area (Å²) in [5.41, 5.74) is 32.5. The number of hydrogen-bond donors (Lipinski definition) is 0. The van der Waals surface area contributed by atoms with Crippen molar-refractivity contribution in [1.29, 1.82) is 0 Å². The van der Waals surface area contributed by atoms with Crippen LogP contribution in [0.2, 0.25) is 0 Å². The number of benzene rings is 19. The van der Waals surface area contributed by atoms with Gasteiger partial charge in [-0.1, -0.05) is 338 Å². The van der Waals surface area contributed by atoms with Crippen molar-refractivity contribution >= 4 is 139 Å². The quantitative estimate of drug-likeness (QED) is 0.0944. The topological polar surface area (TPSA) is 9.72 Å². The van der Waals surface area contributed by atoms with Gasteiger partial charge in [-0.15, -0.1) is 0 Å². The Kier molecular flexibility index (Phi) is 16.7. The Bertz CT molecular complexity index is 6720. The summed E-state index contributed by atoms with van der Waals surface area (Å²) in [5.74, 6) is 0. The molecule has 0 atom stereocenters. The van der Waals surface area contributed by atoms with Crippen molar-refractivity contribution < 1.29 is 0 Å². The molecule has 0 radical (unpaired) electrons. The fourth-order valence-electron chi connectivity index (χ4n) is 19.2. The Labute approximate surface area is 694 Å². The molecule has 0 saturated carbocycles. The Morgan fingerprint density at radius 1 is 0.220 bits per heavy atom. The fourth-order valence-corrected chi connectivity index (χ4v) is 19.2. The summed E-state index contributed by atoms with van der Waals surface area (Å²) in [6.45, 7) is 28.0. The minimum atomic E-state index is -0.240. The first-order valence-corrected chi connectivity index (χ1v) is 42.0. The maximum absolute atomic E-state index is 2.64. The molecule has 0 aromatic heterocycles. The number of hydrogen-bond acceptors (Lipinski definition) is 3. The van der Waals surface area contributed by atoms with E-state index in [-0.39, 0.29) is 28.4 Å². The van der Waals surface area contributed by atoms with E-state index in [0.29, 0.717) is 0 Å². The van der Waals surface area contributed by atoms with Crippen LogP contribution in [0.4, 0.5) is 51.2 Å². The third-order valence-electron chi connectivity index (χ3n) is 25.6. The highest BCUT2D eigenvalue weighted by Crippen LogP contribution is 2.53. The Balaban J connectivity index is 0.885. The molecule has 21 rings (SSSR count). The van der Waals surface area contributed by atoms with Crippen LogP contribution in [0.25, 0.3) is 131 Å². The standard InChI is InChI=1S/C114H94BN3/c1-111(2,3)87-57-81-33-35-83-59-89(113(7,8)9)67-98-96(63-85(61-87)106(81)108(83)98)79-45-55-100-102(65-79)117(93-51-41-77(42-52-93)73-29-21-15-22-30-73)104-69-95(116(91-47-37-75(38-48-91)71-25-17-13-18-26-71)92-49-39-76(40-50-92)72-27-19-14-20-28-72)70-105-110(104)115(100)101-56-46-80(66-103(101)118(105)94-53-43-78(44-54-94)74-31-23-16-24-32-74)97-64-86-62-88(112(4,5)6)58-82-34-36-84-60-90(114(10,11)12)68-99(97)109(84)107(82)86/h13-70H,1-12H3. The summed E-state index contributed by atoms with van der Waals surface area (Å²) in [4.78, 5) is 7.78. The Hall–Kier alpha value is -13.3. The lowest BCUT2D eigenvalue weighted by Gasteiger charge is -2.45. The minimum Gasteiger partial charge on any atom is -0.311 e. The summed E-state index contributed by atoms with van der Waals surface area (Å²) in [5, 5.41) is 15.5. The molecular formula is C114H94BN3. The monoisotopic (exact) mass is 1520 g/mol. The summed E-state index contributed by atoms with van der Waals surface area (Å²) < 4.78 is 0. The SMILES string of the molecule is CC(C)(C)c1cc2ccc3cc(C(C)(C)C)cc4c(-c5ccc6c(c5)N(c5ccc(-c7ccccc7)cc5)c5cc(N(c7ccc(-c8ccccc8)cc7)c7ccc(-c8ccccc8)cc7)cc7c5B6c5ccc(-c6cc8cc(C(C)(C)C)cc9ccc%10cc(C(C)(C)C)cc6c%10c98)cc5N7c5ccc(-c6ccccc6)cc5)cc(c1)c2c34. The van der Waals surface area contributed by atoms with Crippen molar-refractivity contribution in [1.82, 2.24) is 0 Å². The predicted molar refractivity (Wildman–Crippen MR) is 510 cm³/mol. The molecule has 4 heteroatoms. The van der Waals surface area contributed by atoms with E-state index in [4.69, 9.17) is 0 Å². The van der Waals surface area contributed by atoms with Crippen molar-refractivity contribution in [3.63, 3.8) is 0 Å². The molecule has 2 aliphatic rings. The molecule has 0 unspecified atom stereocenters. The van der Waals surface area contributed by atoms with Gasteiger partial charge in [0.15, 0.2) is 0 Å². The van der Waals surface area contributed by atoms with Gasteiger partial charge >= 0.3 is 0 Å². The lowest BCUT2D eigenvalue weighted by molar-refractivity contribution is 0.591. The third-order valence-corrected chi connectivity index (χ3v) is 25.6. The normalized spacial score (nSPS) is 13.0. The zero-order chi connectivity index (χ0) is 80.4. The van der Waals surface area contributed by atoms with Gasteiger partial charge in [0, 0.05) is 45.5 Å². The van der Waals surface area contributed by atoms with Gasteiger partial charge in [-0.2, -0.15) is 0 Å². The molecular weight excluding hydrogens is 1420 g/mol. The number of rotatable bonds is 11. The number of anilines is 9. The van der Waals surface area contributed by atoms with Gasteiger partial charge in [0.25, 0.3) is 6.71 Å². The summed E-state index contributed by atoms with van der Waals surface area (Å²) >= 11 is 0. The van der Waals surface area contributed by atoms with Crippen molar-refractivity contribution in [3.05, 3.63) is 374 Å². The van der Waals surface area contributed by atoms with E-state index >= 15 is 0 Å². The average molecular weight is 1520 g/mol. The van der Waals surface area contributed by atoms with Crippen LogP contribution in [-0.4, -0.2) is 6.71 Å². The van der Waals surface area contributed by atoms with E-state index in [9.17, 15) is 0 Å². The highest BCUT2D eigenvalue weighted by atomic mass is 15.2. The van der Waals surface area contributed by atoms with Gasteiger partial charge in [-0.25, -0.2) is 0 Å². The van der Waals surface area contributed by atoms with E-state index < -0.39 is 0 Å². The molecule has 0 aliphatic carbocycles. The smallest absolute Gasteiger partial charge is 0.252 e. The molecule has 0 bridgehead atoms. The van der Waals surface area contributed by atoms with Crippen LogP contribution in [0.15, 0.2) is 352 Å². The Morgan fingerprint density at radius 2 is 0.500 bits per heavy atom. The summed E-state index contributed by atoms with van der Waals surface area (Å²) in [6, 6.07) is 135. The van der Waals surface area contributed by atoms with E-state index in [0.717, 1.165) is 73.4 Å². The molecule has 0 amide bonds. The molecule has 0 spiro atoms. The molecule has 2 aliphatic heterocycles. The fraction of sp³-hybridized carbons (Fsp3) is 0.140. The van der Waals surface area contributed by atoms with Crippen LogP contribution in [0, 0.1) is 0 Å². The second kappa shape index (κ2) is 27.2. The first-order chi connectivity index (χ1) is 57.0. The molecule has 2 heterocycles. The van der Waals surface area contributed by atoms with E-state index in [1.54, 1.807) is 0 Å². The summed E-state index contributed by atoms with van der Waals surface area (Å²) in [7, 11) is 0. The molecule has 0 N–H and O–H groups in total. The Morgan fingerprint density at radius 3 is 0.822 bits per heavy atom. The highest BCUT2D eigenvalue weighted by molar-refractivity contribution is 7.00. The molecule has 118 heavy (non-hydrogen) atoms. The largest absolute Gasteiger partial charge is 0.311 e. The lowest BCUT2D eigenvalue weighted by Crippen LogP contribution is -2.61. The third kappa shape index (κ3) is 12.2. The van der Waals surface area contributed by atoms with Gasteiger partial charge in [0.1, 0.15) is 0 Å². The molecule has 568 valence electrons. The van der Waals surface area contributed by atoms with Crippen molar-refractivity contribution in [2.24, 2.45) is 0 Å². The zero-order valence-corrected chi connectivity index (χ0v) is 69.4. The second-order valence-electron chi connectivity index (χ2n) is 37.4. The van der Waals surface area contributed by atoms with Gasteiger partial charge in [-0.05, 0) is 289 Å². The summed E-state index contributed by atoms with van der Waals surface area (Å²) in [6.07, 6.45) is 0. The first kappa shape index (κ1) is 72.4. The maximum atomic E-state index is 2.64. The average Bonchev–Trinajstić information content (AvgIpc) is 0.693. The molecule has 0 fully saturated rings. The second-order valence-corrected chi connectivity index (χ2v) is 37.4.